The Morgan fingerprint density at radius 3 is 2.56 bits per heavy atom. The fourth-order valence-corrected chi connectivity index (χ4v) is 2.04. The van der Waals surface area contributed by atoms with Gasteiger partial charge < -0.3 is 10.6 Å². The zero-order valence-electron chi connectivity index (χ0n) is 9.87. The van der Waals surface area contributed by atoms with Gasteiger partial charge in [-0.3, -0.25) is 0 Å². The van der Waals surface area contributed by atoms with Gasteiger partial charge >= 0.3 is 0 Å². The molecule has 18 heavy (non-hydrogen) atoms. The lowest BCUT2D eigenvalue weighted by Gasteiger charge is -2.11. The van der Waals surface area contributed by atoms with Crippen molar-refractivity contribution in [3.63, 3.8) is 0 Å². The van der Waals surface area contributed by atoms with Gasteiger partial charge in [0, 0.05) is 24.5 Å². The van der Waals surface area contributed by atoms with Crippen LogP contribution in [-0.2, 0) is 0 Å². The molecular weight excluding hydrogens is 269 g/mol. The SMILES string of the molecule is CCNc1cc(Nc2c(Cl)cccc2Cl)ccn1. The molecule has 0 spiro atoms. The van der Waals surface area contributed by atoms with Gasteiger partial charge in [-0.2, -0.15) is 0 Å². The number of halogens is 2. The summed E-state index contributed by atoms with van der Waals surface area (Å²) in [5, 5.41) is 7.52. The first-order valence-corrected chi connectivity index (χ1v) is 6.37. The van der Waals surface area contributed by atoms with Crippen LogP contribution in [0.2, 0.25) is 10.0 Å². The van der Waals surface area contributed by atoms with Gasteiger partial charge in [-0.25, -0.2) is 4.98 Å². The minimum Gasteiger partial charge on any atom is -0.370 e. The molecule has 1 heterocycles. The fraction of sp³-hybridized carbons (Fsp3) is 0.154. The Balaban J connectivity index is 2.26. The lowest BCUT2D eigenvalue weighted by Crippen LogP contribution is -2.00. The highest BCUT2D eigenvalue weighted by molar-refractivity contribution is 6.39. The first-order chi connectivity index (χ1) is 8.70. The van der Waals surface area contributed by atoms with Crippen LogP contribution in [0.3, 0.4) is 0 Å². The van der Waals surface area contributed by atoms with Crippen LogP contribution < -0.4 is 10.6 Å². The van der Waals surface area contributed by atoms with Gasteiger partial charge in [-0.15, -0.1) is 0 Å². The molecule has 0 atom stereocenters. The van der Waals surface area contributed by atoms with Crippen LogP contribution in [0.15, 0.2) is 36.5 Å². The number of nitrogens with zero attached hydrogens (tertiary/aromatic N) is 1. The van der Waals surface area contributed by atoms with Crippen molar-refractivity contribution in [2.24, 2.45) is 0 Å². The van der Waals surface area contributed by atoms with E-state index in [9.17, 15) is 0 Å². The molecule has 94 valence electrons. The summed E-state index contributed by atoms with van der Waals surface area (Å²) in [5.41, 5.74) is 1.59. The summed E-state index contributed by atoms with van der Waals surface area (Å²) in [4.78, 5) is 4.20. The number of benzene rings is 1. The van der Waals surface area contributed by atoms with Gasteiger partial charge in [0.2, 0.25) is 0 Å². The van der Waals surface area contributed by atoms with Crippen LogP contribution in [0.25, 0.3) is 0 Å². The molecule has 0 aliphatic rings. The smallest absolute Gasteiger partial charge is 0.127 e. The molecule has 0 unspecified atom stereocenters. The van der Waals surface area contributed by atoms with Crippen molar-refractivity contribution in [3.05, 3.63) is 46.6 Å². The average Bonchev–Trinajstić information content (AvgIpc) is 2.35. The number of hydrogen-bond donors (Lipinski definition) is 2. The highest BCUT2D eigenvalue weighted by atomic mass is 35.5. The van der Waals surface area contributed by atoms with E-state index in [1.165, 1.54) is 0 Å². The van der Waals surface area contributed by atoms with E-state index in [1.807, 2.05) is 25.1 Å². The zero-order chi connectivity index (χ0) is 13.0. The Morgan fingerprint density at radius 2 is 1.89 bits per heavy atom. The first-order valence-electron chi connectivity index (χ1n) is 5.61. The lowest BCUT2D eigenvalue weighted by molar-refractivity contribution is 1.16. The molecule has 1 aromatic carbocycles. The van der Waals surface area contributed by atoms with Gasteiger partial charge in [0.15, 0.2) is 0 Å². The average molecular weight is 282 g/mol. The van der Waals surface area contributed by atoms with Gasteiger partial charge in [-0.1, -0.05) is 29.3 Å². The Labute approximate surface area is 116 Å². The number of nitrogens with one attached hydrogen (secondary N) is 2. The molecule has 0 saturated heterocycles. The van der Waals surface area contributed by atoms with E-state index in [-0.39, 0.29) is 0 Å². The largest absolute Gasteiger partial charge is 0.370 e. The van der Waals surface area contributed by atoms with E-state index in [4.69, 9.17) is 23.2 Å². The molecule has 0 amide bonds. The summed E-state index contributed by atoms with van der Waals surface area (Å²) in [7, 11) is 0. The van der Waals surface area contributed by atoms with E-state index in [1.54, 1.807) is 18.3 Å². The summed E-state index contributed by atoms with van der Waals surface area (Å²) >= 11 is 12.2. The lowest BCUT2D eigenvalue weighted by atomic mass is 10.3. The van der Waals surface area contributed by atoms with Crippen LogP contribution in [0.1, 0.15) is 6.92 Å². The van der Waals surface area contributed by atoms with E-state index in [0.29, 0.717) is 15.7 Å². The molecule has 0 bridgehead atoms. The van der Waals surface area contributed by atoms with Crippen molar-refractivity contribution < 1.29 is 0 Å². The standard InChI is InChI=1S/C13H13Cl2N3/c1-2-16-12-8-9(6-7-17-12)18-13-10(14)4-3-5-11(13)15/h3-8H,2H2,1H3,(H2,16,17,18). The summed E-state index contributed by atoms with van der Waals surface area (Å²) in [6.07, 6.45) is 1.73. The maximum absolute atomic E-state index is 6.10. The van der Waals surface area contributed by atoms with Crippen molar-refractivity contribution >= 4 is 40.4 Å². The summed E-state index contributed by atoms with van der Waals surface area (Å²) in [5.74, 6) is 0.811. The molecule has 2 N–H and O–H groups in total. The third-order valence-electron chi connectivity index (χ3n) is 2.35. The monoisotopic (exact) mass is 281 g/mol. The van der Waals surface area contributed by atoms with E-state index < -0.39 is 0 Å². The maximum Gasteiger partial charge on any atom is 0.127 e. The van der Waals surface area contributed by atoms with Crippen molar-refractivity contribution in [3.8, 4) is 0 Å². The van der Waals surface area contributed by atoms with Crippen LogP contribution in [-0.4, -0.2) is 11.5 Å². The summed E-state index contributed by atoms with van der Waals surface area (Å²) in [6.45, 7) is 2.84. The molecule has 0 radical (unpaired) electrons. The Morgan fingerprint density at radius 1 is 1.17 bits per heavy atom. The minimum absolute atomic E-state index is 0.587. The second kappa shape index (κ2) is 5.94. The molecule has 0 aliphatic heterocycles. The molecule has 2 rings (SSSR count). The Hall–Kier alpha value is -1.45. The predicted molar refractivity (Wildman–Crippen MR) is 78.1 cm³/mol. The van der Waals surface area contributed by atoms with E-state index in [2.05, 4.69) is 15.6 Å². The van der Waals surface area contributed by atoms with Crippen LogP contribution >= 0.6 is 23.2 Å². The van der Waals surface area contributed by atoms with Gasteiger partial charge in [0.25, 0.3) is 0 Å². The van der Waals surface area contributed by atoms with Crippen LogP contribution in [0.4, 0.5) is 17.2 Å². The Bertz CT molecular complexity index is 523. The highest BCUT2D eigenvalue weighted by Crippen LogP contribution is 2.32. The second-order valence-electron chi connectivity index (χ2n) is 3.68. The number of rotatable bonds is 4. The fourth-order valence-electron chi connectivity index (χ4n) is 1.55. The zero-order valence-corrected chi connectivity index (χ0v) is 11.4. The molecule has 0 fully saturated rings. The topological polar surface area (TPSA) is 37.0 Å². The van der Waals surface area contributed by atoms with E-state index in [0.717, 1.165) is 18.1 Å². The highest BCUT2D eigenvalue weighted by Gasteiger charge is 2.05. The minimum atomic E-state index is 0.587. The second-order valence-corrected chi connectivity index (χ2v) is 4.50. The predicted octanol–water partition coefficient (Wildman–Crippen LogP) is 4.56. The maximum atomic E-state index is 6.10. The van der Waals surface area contributed by atoms with Gasteiger partial charge in [-0.05, 0) is 25.1 Å². The van der Waals surface area contributed by atoms with Crippen molar-refractivity contribution in [2.75, 3.05) is 17.2 Å². The quantitative estimate of drug-likeness (QED) is 0.862. The third kappa shape index (κ3) is 3.06. The first kappa shape index (κ1) is 13.0. The molecule has 5 heteroatoms. The molecule has 2 aromatic rings. The van der Waals surface area contributed by atoms with E-state index >= 15 is 0 Å². The molecule has 0 aliphatic carbocycles. The van der Waals surface area contributed by atoms with Crippen molar-refractivity contribution in [1.82, 2.24) is 4.98 Å². The molecule has 0 saturated carbocycles. The van der Waals surface area contributed by atoms with Gasteiger partial charge in [0.05, 0.1) is 15.7 Å². The van der Waals surface area contributed by atoms with Gasteiger partial charge in [0.1, 0.15) is 5.82 Å². The molecule has 1 aromatic heterocycles. The number of aromatic nitrogens is 1. The number of anilines is 3. The van der Waals surface area contributed by atoms with Crippen molar-refractivity contribution in [2.45, 2.75) is 6.92 Å². The number of hydrogen-bond acceptors (Lipinski definition) is 3. The normalized spacial score (nSPS) is 10.2. The number of para-hydroxylation sites is 1. The van der Waals surface area contributed by atoms with Crippen LogP contribution in [0.5, 0.6) is 0 Å². The third-order valence-corrected chi connectivity index (χ3v) is 2.98. The molecule has 3 nitrogen and oxygen atoms in total. The number of pyridine rings is 1. The molecular formula is C13H13Cl2N3. The van der Waals surface area contributed by atoms with Crippen molar-refractivity contribution in [1.29, 1.82) is 0 Å². The summed E-state index contributed by atoms with van der Waals surface area (Å²) < 4.78 is 0. The van der Waals surface area contributed by atoms with Crippen LogP contribution in [0, 0.1) is 0 Å². The summed E-state index contributed by atoms with van der Waals surface area (Å²) in [6, 6.07) is 9.17. The Kier molecular flexibility index (Phi) is 4.28.